The molecule has 3 aromatic carbocycles. The molecule has 1 amide bonds. The summed E-state index contributed by atoms with van der Waals surface area (Å²) in [5.41, 5.74) is 5.19. The largest absolute Gasteiger partial charge is 0.495 e. The monoisotopic (exact) mass is 461 g/mol. The van der Waals surface area contributed by atoms with Gasteiger partial charge in [0.15, 0.2) is 0 Å². The number of benzene rings is 3. The zero-order valence-electron chi connectivity index (χ0n) is 18.1. The van der Waals surface area contributed by atoms with Gasteiger partial charge in [0, 0.05) is 0 Å². The predicted octanol–water partition coefficient (Wildman–Crippen LogP) is 3.72. The zero-order valence-corrected chi connectivity index (χ0v) is 19.0. The van der Waals surface area contributed by atoms with E-state index in [2.05, 4.69) is 50.3 Å². The number of rotatable bonds is 8. The number of nitrogens with two attached hydrogens (primary N) is 1. The van der Waals surface area contributed by atoms with E-state index in [1.807, 2.05) is 37.3 Å². The summed E-state index contributed by atoms with van der Waals surface area (Å²) in [7, 11) is 1.55. The molecule has 4 rings (SSSR count). The fraction of sp³-hybridized carbons (Fsp3) is 0.130. The van der Waals surface area contributed by atoms with Crippen LogP contribution in [0, 0.1) is 0 Å². The Morgan fingerprint density at radius 3 is 2.67 bits per heavy atom. The van der Waals surface area contributed by atoms with Crippen molar-refractivity contribution in [2.24, 2.45) is 5.10 Å². The molecule has 0 saturated carbocycles. The Morgan fingerprint density at radius 1 is 1.09 bits per heavy atom. The standard InChI is InChI=1S/C23H23N7O2S/c1-15(17-12-11-16-7-3-4-8-18(16)13-17)26-27-22-28-29-23(30(22)24)33-14-21(31)25-19-9-5-6-10-20(19)32-2/h3-13H,14,24H2,1-2H3,(H,25,31)(H,27,28)/b26-15+. The quantitative estimate of drug-likeness (QED) is 0.158. The van der Waals surface area contributed by atoms with E-state index in [0.717, 1.165) is 28.4 Å². The topological polar surface area (TPSA) is 119 Å². The number of methoxy groups -OCH3 is 1. The van der Waals surface area contributed by atoms with Crippen LogP contribution in [0.3, 0.4) is 0 Å². The Labute approximate surface area is 195 Å². The third-order valence-electron chi connectivity index (χ3n) is 4.87. The van der Waals surface area contributed by atoms with Crippen LogP contribution >= 0.6 is 11.8 Å². The molecular formula is C23H23N7O2S. The summed E-state index contributed by atoms with van der Waals surface area (Å²) in [5, 5.41) is 17.9. The second-order valence-corrected chi connectivity index (χ2v) is 8.03. The van der Waals surface area contributed by atoms with E-state index < -0.39 is 0 Å². The minimum Gasteiger partial charge on any atom is -0.495 e. The van der Waals surface area contributed by atoms with Gasteiger partial charge in [0.1, 0.15) is 5.75 Å². The lowest BCUT2D eigenvalue weighted by molar-refractivity contribution is -0.113. The zero-order chi connectivity index (χ0) is 23.2. The van der Waals surface area contributed by atoms with Crippen LogP contribution in [0.4, 0.5) is 11.6 Å². The predicted molar refractivity (Wildman–Crippen MR) is 132 cm³/mol. The number of para-hydroxylation sites is 2. The van der Waals surface area contributed by atoms with Crippen LogP contribution in [0.25, 0.3) is 10.8 Å². The summed E-state index contributed by atoms with van der Waals surface area (Å²) in [6, 6.07) is 21.5. The average Bonchev–Trinajstić information content (AvgIpc) is 3.20. The van der Waals surface area contributed by atoms with Crippen molar-refractivity contribution in [2.75, 3.05) is 29.4 Å². The van der Waals surface area contributed by atoms with E-state index in [9.17, 15) is 4.79 Å². The van der Waals surface area contributed by atoms with Gasteiger partial charge in [-0.2, -0.15) is 5.10 Å². The smallest absolute Gasteiger partial charge is 0.264 e. The summed E-state index contributed by atoms with van der Waals surface area (Å²) in [5.74, 6) is 6.82. The summed E-state index contributed by atoms with van der Waals surface area (Å²) in [6.45, 7) is 1.90. The number of carbonyl (C=O) groups excluding carboxylic acids is 1. The van der Waals surface area contributed by atoms with Crippen LogP contribution < -0.4 is 21.3 Å². The van der Waals surface area contributed by atoms with E-state index in [0.29, 0.717) is 16.6 Å². The molecule has 0 unspecified atom stereocenters. The normalized spacial score (nSPS) is 11.4. The Hall–Kier alpha value is -4.05. The minimum absolute atomic E-state index is 0.104. The summed E-state index contributed by atoms with van der Waals surface area (Å²) in [4.78, 5) is 12.3. The van der Waals surface area contributed by atoms with Crippen molar-refractivity contribution in [3.8, 4) is 5.75 Å². The van der Waals surface area contributed by atoms with Gasteiger partial charge >= 0.3 is 0 Å². The highest BCUT2D eigenvalue weighted by Crippen LogP contribution is 2.24. The first-order chi connectivity index (χ1) is 16.0. The lowest BCUT2D eigenvalue weighted by Gasteiger charge is -2.09. The number of ether oxygens (including phenoxy) is 1. The number of hydrazone groups is 1. The highest BCUT2D eigenvalue weighted by molar-refractivity contribution is 7.99. The molecule has 0 atom stereocenters. The van der Waals surface area contributed by atoms with E-state index in [1.54, 1.807) is 19.2 Å². The van der Waals surface area contributed by atoms with Gasteiger partial charge in [-0.1, -0.05) is 60.3 Å². The van der Waals surface area contributed by atoms with Crippen molar-refractivity contribution >= 4 is 45.8 Å². The number of nitrogen functional groups attached to an aromatic ring is 1. The maximum Gasteiger partial charge on any atom is 0.264 e. The fourth-order valence-electron chi connectivity index (χ4n) is 3.13. The summed E-state index contributed by atoms with van der Waals surface area (Å²) in [6.07, 6.45) is 0. The molecule has 0 saturated heterocycles. The highest BCUT2D eigenvalue weighted by Gasteiger charge is 2.13. The Kier molecular flexibility index (Phi) is 6.75. The lowest BCUT2D eigenvalue weighted by Crippen LogP contribution is -2.17. The number of anilines is 2. The van der Waals surface area contributed by atoms with E-state index >= 15 is 0 Å². The van der Waals surface area contributed by atoms with Gasteiger partial charge in [-0.15, -0.1) is 10.2 Å². The van der Waals surface area contributed by atoms with Gasteiger partial charge in [-0.05, 0) is 41.5 Å². The first kappa shape index (κ1) is 22.2. The number of aromatic nitrogens is 3. The molecule has 0 aliphatic carbocycles. The molecule has 4 aromatic rings. The molecule has 0 aliphatic rings. The van der Waals surface area contributed by atoms with E-state index in [-0.39, 0.29) is 17.6 Å². The van der Waals surface area contributed by atoms with Crippen LogP contribution in [-0.2, 0) is 4.79 Å². The maximum atomic E-state index is 12.3. The summed E-state index contributed by atoms with van der Waals surface area (Å²) >= 11 is 1.16. The molecule has 33 heavy (non-hydrogen) atoms. The van der Waals surface area contributed by atoms with Crippen LogP contribution in [0.15, 0.2) is 77.0 Å². The van der Waals surface area contributed by atoms with Gasteiger partial charge < -0.3 is 15.9 Å². The molecule has 10 heteroatoms. The molecule has 0 aliphatic heterocycles. The number of nitrogens with one attached hydrogen (secondary N) is 2. The molecule has 4 N–H and O–H groups in total. The number of amides is 1. The number of fused-ring (bicyclic) bond motifs is 1. The molecule has 1 aromatic heterocycles. The average molecular weight is 462 g/mol. The van der Waals surface area contributed by atoms with E-state index in [4.69, 9.17) is 10.6 Å². The molecule has 0 bridgehead atoms. The lowest BCUT2D eigenvalue weighted by atomic mass is 10.0. The van der Waals surface area contributed by atoms with E-state index in [1.165, 1.54) is 10.1 Å². The molecule has 9 nitrogen and oxygen atoms in total. The first-order valence-corrected chi connectivity index (χ1v) is 11.1. The summed E-state index contributed by atoms with van der Waals surface area (Å²) < 4.78 is 6.50. The number of carbonyl (C=O) groups is 1. The van der Waals surface area contributed by atoms with Crippen molar-refractivity contribution in [1.29, 1.82) is 0 Å². The van der Waals surface area contributed by atoms with Crippen LogP contribution in [-0.4, -0.2) is 39.4 Å². The fourth-order valence-corrected chi connectivity index (χ4v) is 3.79. The first-order valence-electron chi connectivity index (χ1n) is 10.1. The SMILES string of the molecule is COc1ccccc1NC(=O)CSc1nnc(N/N=C(\C)c2ccc3ccccc3c2)n1N. The van der Waals surface area contributed by atoms with Crippen LogP contribution in [0.2, 0.25) is 0 Å². The molecule has 1 heterocycles. The molecule has 0 spiro atoms. The minimum atomic E-state index is -0.216. The van der Waals surface area contributed by atoms with Crippen LogP contribution in [0.5, 0.6) is 5.75 Å². The van der Waals surface area contributed by atoms with Gasteiger partial charge in [0.25, 0.3) is 5.95 Å². The number of nitrogens with zero attached hydrogens (tertiary/aromatic N) is 4. The van der Waals surface area contributed by atoms with Crippen molar-refractivity contribution < 1.29 is 9.53 Å². The van der Waals surface area contributed by atoms with Crippen LogP contribution in [0.1, 0.15) is 12.5 Å². The molecule has 0 fully saturated rings. The second-order valence-electron chi connectivity index (χ2n) is 7.08. The Bertz CT molecular complexity index is 1320. The van der Waals surface area contributed by atoms with Crippen molar-refractivity contribution in [3.63, 3.8) is 0 Å². The number of hydrogen-bond donors (Lipinski definition) is 3. The van der Waals surface area contributed by atoms with Gasteiger partial charge in [-0.3, -0.25) is 4.79 Å². The van der Waals surface area contributed by atoms with Gasteiger partial charge in [0.05, 0.1) is 24.3 Å². The van der Waals surface area contributed by atoms with Gasteiger partial charge in [0.2, 0.25) is 11.1 Å². The Morgan fingerprint density at radius 2 is 1.85 bits per heavy atom. The highest BCUT2D eigenvalue weighted by atomic mass is 32.2. The van der Waals surface area contributed by atoms with Crippen molar-refractivity contribution in [2.45, 2.75) is 12.1 Å². The van der Waals surface area contributed by atoms with Crippen molar-refractivity contribution in [3.05, 3.63) is 72.3 Å². The Balaban J connectivity index is 1.37. The maximum absolute atomic E-state index is 12.3. The molecule has 0 radical (unpaired) electrons. The third-order valence-corrected chi connectivity index (χ3v) is 5.81. The van der Waals surface area contributed by atoms with Crippen molar-refractivity contribution in [1.82, 2.24) is 14.9 Å². The number of hydrogen-bond acceptors (Lipinski definition) is 8. The van der Waals surface area contributed by atoms with Gasteiger partial charge in [-0.25, -0.2) is 10.1 Å². The molecule has 168 valence electrons. The number of thioether (sulfide) groups is 1. The second kappa shape index (κ2) is 10.0. The molecular weight excluding hydrogens is 438 g/mol. The third kappa shape index (κ3) is 5.24.